The average Bonchev–Trinajstić information content (AvgIpc) is 2.80. The number of benzene rings is 1. The van der Waals surface area contributed by atoms with Crippen molar-refractivity contribution in [2.75, 3.05) is 13.2 Å². The van der Waals surface area contributed by atoms with E-state index in [-0.39, 0.29) is 19.0 Å². The third-order valence-corrected chi connectivity index (χ3v) is 3.71. The van der Waals surface area contributed by atoms with Crippen LogP contribution in [0.4, 0.5) is 4.39 Å². The highest BCUT2D eigenvalue weighted by Gasteiger charge is 2.24. The Morgan fingerprint density at radius 3 is 2.89 bits per heavy atom. The maximum atomic E-state index is 14.1. The minimum Gasteiger partial charge on any atom is -0.396 e. The van der Waals surface area contributed by atoms with Crippen LogP contribution in [0.5, 0.6) is 0 Å². The Morgan fingerprint density at radius 1 is 1.39 bits per heavy atom. The molecular formula is C14H21FN2O. The largest absolute Gasteiger partial charge is 0.396 e. The average molecular weight is 252 g/mol. The maximum Gasteiger partial charge on any atom is 0.132 e. The van der Waals surface area contributed by atoms with Gasteiger partial charge in [0, 0.05) is 36.9 Å². The van der Waals surface area contributed by atoms with E-state index >= 15 is 0 Å². The number of aliphatic hydroxyl groups excluding tert-OH is 1. The molecule has 0 spiro atoms. The minimum absolute atomic E-state index is 0.172. The second kappa shape index (κ2) is 6.27. The van der Waals surface area contributed by atoms with Gasteiger partial charge in [0.25, 0.3) is 0 Å². The van der Waals surface area contributed by atoms with E-state index in [1.807, 2.05) is 12.1 Å². The van der Waals surface area contributed by atoms with Gasteiger partial charge >= 0.3 is 0 Å². The summed E-state index contributed by atoms with van der Waals surface area (Å²) in [6.07, 6.45) is 3.00. The van der Waals surface area contributed by atoms with E-state index in [4.69, 9.17) is 10.8 Å². The Balaban J connectivity index is 2.09. The lowest BCUT2D eigenvalue weighted by Gasteiger charge is -2.24. The molecule has 0 aliphatic carbocycles. The van der Waals surface area contributed by atoms with E-state index in [1.165, 1.54) is 0 Å². The van der Waals surface area contributed by atoms with Gasteiger partial charge in [-0.2, -0.15) is 0 Å². The van der Waals surface area contributed by atoms with Crippen LogP contribution in [0.15, 0.2) is 18.2 Å². The quantitative estimate of drug-likeness (QED) is 0.837. The van der Waals surface area contributed by atoms with Gasteiger partial charge in [0.05, 0.1) is 0 Å². The highest BCUT2D eigenvalue weighted by molar-refractivity contribution is 5.26. The Kier molecular flexibility index (Phi) is 4.69. The van der Waals surface area contributed by atoms with Gasteiger partial charge in [-0.3, -0.25) is 4.90 Å². The normalized spacial score (nSPS) is 20.5. The monoisotopic (exact) mass is 252 g/mol. The smallest absolute Gasteiger partial charge is 0.132 e. The molecule has 1 fully saturated rings. The third-order valence-electron chi connectivity index (χ3n) is 3.71. The zero-order valence-corrected chi connectivity index (χ0v) is 10.6. The van der Waals surface area contributed by atoms with Crippen molar-refractivity contribution in [2.45, 2.75) is 38.4 Å². The van der Waals surface area contributed by atoms with E-state index in [0.29, 0.717) is 23.7 Å². The molecule has 0 aromatic heterocycles. The number of rotatable bonds is 5. The molecule has 1 saturated heterocycles. The highest BCUT2D eigenvalue weighted by atomic mass is 19.1. The summed E-state index contributed by atoms with van der Waals surface area (Å²) in [6.45, 7) is 2.04. The number of nitrogens with zero attached hydrogens (tertiary/aromatic N) is 1. The number of hydrogen-bond donors (Lipinski definition) is 2. The lowest BCUT2D eigenvalue weighted by atomic mass is 10.1. The standard InChI is InChI=1S/C14H21FN2O/c15-14-11(9-16)3-1-4-12(14)10-17-7-2-5-13(17)6-8-18/h1,3-4,13,18H,2,5-10,16H2. The molecule has 100 valence electrons. The molecule has 1 heterocycles. The molecule has 3 nitrogen and oxygen atoms in total. The molecular weight excluding hydrogens is 231 g/mol. The van der Waals surface area contributed by atoms with Gasteiger partial charge in [0.2, 0.25) is 0 Å². The van der Waals surface area contributed by atoms with Crippen molar-refractivity contribution in [3.63, 3.8) is 0 Å². The first kappa shape index (κ1) is 13.5. The third kappa shape index (κ3) is 2.88. The van der Waals surface area contributed by atoms with Crippen LogP contribution >= 0.6 is 0 Å². The first-order valence-corrected chi connectivity index (χ1v) is 6.57. The van der Waals surface area contributed by atoms with Crippen molar-refractivity contribution >= 4 is 0 Å². The molecule has 0 saturated carbocycles. The molecule has 18 heavy (non-hydrogen) atoms. The van der Waals surface area contributed by atoms with Crippen LogP contribution in [0.1, 0.15) is 30.4 Å². The van der Waals surface area contributed by atoms with Crippen molar-refractivity contribution in [3.05, 3.63) is 35.1 Å². The van der Waals surface area contributed by atoms with Gasteiger partial charge in [0.15, 0.2) is 0 Å². The molecule has 1 atom stereocenters. The summed E-state index contributed by atoms with van der Waals surface area (Å²) in [4.78, 5) is 2.26. The lowest BCUT2D eigenvalue weighted by Crippen LogP contribution is -2.30. The van der Waals surface area contributed by atoms with Crippen molar-refractivity contribution in [1.29, 1.82) is 0 Å². The topological polar surface area (TPSA) is 49.5 Å². The van der Waals surface area contributed by atoms with Crippen molar-refractivity contribution in [3.8, 4) is 0 Å². The van der Waals surface area contributed by atoms with Crippen LogP contribution < -0.4 is 5.73 Å². The van der Waals surface area contributed by atoms with Gasteiger partial charge < -0.3 is 10.8 Å². The number of halogens is 1. The van der Waals surface area contributed by atoms with E-state index in [9.17, 15) is 4.39 Å². The van der Waals surface area contributed by atoms with Crippen molar-refractivity contribution < 1.29 is 9.50 Å². The number of likely N-dealkylation sites (tertiary alicyclic amines) is 1. The molecule has 0 bridgehead atoms. The Morgan fingerprint density at radius 2 is 2.17 bits per heavy atom. The summed E-state index contributed by atoms with van der Waals surface area (Å²) < 4.78 is 14.1. The van der Waals surface area contributed by atoms with E-state index in [2.05, 4.69) is 4.90 Å². The Labute approximate surface area is 107 Å². The summed E-state index contributed by atoms with van der Waals surface area (Å²) in [6, 6.07) is 5.80. The number of aliphatic hydroxyl groups is 1. The summed E-state index contributed by atoms with van der Waals surface area (Å²) in [5.41, 5.74) is 6.80. The molecule has 0 radical (unpaired) electrons. The second-order valence-corrected chi connectivity index (χ2v) is 4.87. The molecule has 0 amide bonds. The Hall–Kier alpha value is -0.970. The van der Waals surface area contributed by atoms with Crippen LogP contribution in [-0.2, 0) is 13.1 Å². The van der Waals surface area contributed by atoms with E-state index in [1.54, 1.807) is 6.07 Å². The van der Waals surface area contributed by atoms with Crippen LogP contribution in [-0.4, -0.2) is 29.2 Å². The zero-order chi connectivity index (χ0) is 13.0. The van der Waals surface area contributed by atoms with Gasteiger partial charge in [-0.15, -0.1) is 0 Å². The SMILES string of the molecule is NCc1cccc(CN2CCCC2CCO)c1F. The molecule has 1 aromatic carbocycles. The molecule has 2 rings (SSSR count). The van der Waals surface area contributed by atoms with Gasteiger partial charge in [0.1, 0.15) is 5.82 Å². The molecule has 1 aliphatic heterocycles. The molecule has 3 N–H and O–H groups in total. The fraction of sp³-hybridized carbons (Fsp3) is 0.571. The predicted octanol–water partition coefficient (Wildman–Crippen LogP) is 1.63. The molecule has 1 unspecified atom stereocenters. The van der Waals surface area contributed by atoms with Crippen LogP contribution in [0.25, 0.3) is 0 Å². The van der Waals surface area contributed by atoms with E-state index < -0.39 is 0 Å². The van der Waals surface area contributed by atoms with Crippen LogP contribution in [0.3, 0.4) is 0 Å². The minimum atomic E-state index is -0.172. The van der Waals surface area contributed by atoms with Gasteiger partial charge in [-0.1, -0.05) is 18.2 Å². The highest BCUT2D eigenvalue weighted by Crippen LogP contribution is 2.24. The molecule has 4 heteroatoms. The predicted molar refractivity (Wildman–Crippen MR) is 69.4 cm³/mol. The van der Waals surface area contributed by atoms with Crippen molar-refractivity contribution in [1.82, 2.24) is 4.90 Å². The Bertz CT molecular complexity index is 397. The molecule has 1 aromatic rings. The van der Waals surface area contributed by atoms with Gasteiger partial charge in [-0.05, 0) is 25.8 Å². The first-order valence-electron chi connectivity index (χ1n) is 6.57. The zero-order valence-electron chi connectivity index (χ0n) is 10.6. The van der Waals surface area contributed by atoms with Crippen LogP contribution in [0.2, 0.25) is 0 Å². The molecule has 1 aliphatic rings. The summed E-state index contributed by atoms with van der Waals surface area (Å²) in [5, 5.41) is 9.03. The van der Waals surface area contributed by atoms with Gasteiger partial charge in [-0.25, -0.2) is 4.39 Å². The number of nitrogens with two attached hydrogens (primary N) is 1. The summed E-state index contributed by atoms with van der Waals surface area (Å²) >= 11 is 0. The fourth-order valence-corrected chi connectivity index (χ4v) is 2.71. The van der Waals surface area contributed by atoms with Crippen LogP contribution in [0, 0.1) is 5.82 Å². The summed E-state index contributed by atoms with van der Waals surface area (Å²) in [5.74, 6) is -0.172. The number of hydrogen-bond acceptors (Lipinski definition) is 3. The van der Waals surface area contributed by atoms with Crippen molar-refractivity contribution in [2.24, 2.45) is 5.73 Å². The van der Waals surface area contributed by atoms with E-state index in [0.717, 1.165) is 25.8 Å². The maximum absolute atomic E-state index is 14.1. The fourth-order valence-electron chi connectivity index (χ4n) is 2.71. The first-order chi connectivity index (χ1) is 8.76. The second-order valence-electron chi connectivity index (χ2n) is 4.87. The summed E-state index contributed by atoms with van der Waals surface area (Å²) in [7, 11) is 0. The lowest BCUT2D eigenvalue weighted by molar-refractivity contribution is 0.188.